The fourth-order valence-corrected chi connectivity index (χ4v) is 2.98. The summed E-state index contributed by atoms with van der Waals surface area (Å²) in [5.74, 6) is 0. The fourth-order valence-electron chi connectivity index (χ4n) is 2.37. The molecule has 0 aliphatic rings. The van der Waals surface area contributed by atoms with Crippen molar-refractivity contribution in [3.63, 3.8) is 0 Å². The van der Waals surface area contributed by atoms with E-state index in [1.54, 1.807) is 0 Å². The molecule has 0 amide bonds. The Morgan fingerprint density at radius 1 is 1.10 bits per heavy atom. The van der Waals surface area contributed by atoms with Gasteiger partial charge in [0.15, 0.2) is 0 Å². The number of aromatic nitrogens is 2. The zero-order valence-electron chi connectivity index (χ0n) is 11.8. The van der Waals surface area contributed by atoms with Crippen LogP contribution >= 0.6 is 15.9 Å². The van der Waals surface area contributed by atoms with E-state index in [4.69, 9.17) is 0 Å². The monoisotopic (exact) mass is 345 g/mol. The maximum Gasteiger partial charge on any atom is 0.323 e. The van der Waals surface area contributed by atoms with Crippen LogP contribution in [0.15, 0.2) is 45.7 Å². The summed E-state index contributed by atoms with van der Waals surface area (Å²) in [5.41, 5.74) is 4.86. The highest BCUT2D eigenvalue weighted by Crippen LogP contribution is 2.28. The first-order valence-corrected chi connectivity index (χ1v) is 7.57. The molecule has 0 aliphatic heterocycles. The standard InChI is InChI=1S/C16H16BrN3O/c1-9-3-5-13(12(17)7-9)18-10(2)11-4-6-14-15(8-11)20-16(21)19-14/h3-8,10,18H,1-2H3,(H2,19,20,21). The van der Waals surface area contributed by atoms with E-state index >= 15 is 0 Å². The third-order valence-corrected chi connectivity index (χ3v) is 4.19. The lowest BCUT2D eigenvalue weighted by atomic mass is 10.1. The van der Waals surface area contributed by atoms with Gasteiger partial charge in [-0.3, -0.25) is 0 Å². The highest BCUT2D eigenvalue weighted by Gasteiger charge is 2.09. The summed E-state index contributed by atoms with van der Waals surface area (Å²) < 4.78 is 1.05. The smallest absolute Gasteiger partial charge is 0.323 e. The quantitative estimate of drug-likeness (QED) is 0.669. The Hall–Kier alpha value is -2.01. The second kappa shape index (κ2) is 5.41. The van der Waals surface area contributed by atoms with Crippen LogP contribution in [0, 0.1) is 6.92 Å². The summed E-state index contributed by atoms with van der Waals surface area (Å²) in [6, 6.07) is 12.3. The molecule has 5 heteroatoms. The van der Waals surface area contributed by atoms with E-state index in [0.717, 1.165) is 26.8 Å². The first-order valence-electron chi connectivity index (χ1n) is 6.77. The van der Waals surface area contributed by atoms with Crippen LogP contribution in [0.1, 0.15) is 24.1 Å². The van der Waals surface area contributed by atoms with Gasteiger partial charge >= 0.3 is 5.69 Å². The van der Waals surface area contributed by atoms with Gasteiger partial charge in [-0.2, -0.15) is 0 Å². The molecule has 1 atom stereocenters. The number of hydrogen-bond donors (Lipinski definition) is 3. The molecular formula is C16H16BrN3O. The number of benzene rings is 2. The maximum atomic E-state index is 11.3. The second-order valence-corrected chi connectivity index (χ2v) is 6.09. The van der Waals surface area contributed by atoms with Crippen molar-refractivity contribution in [1.29, 1.82) is 0 Å². The van der Waals surface area contributed by atoms with Gasteiger partial charge in [0, 0.05) is 16.2 Å². The van der Waals surface area contributed by atoms with Crippen LogP contribution in [0.3, 0.4) is 0 Å². The van der Waals surface area contributed by atoms with Gasteiger partial charge in [0.25, 0.3) is 0 Å². The first kappa shape index (κ1) is 13.9. The van der Waals surface area contributed by atoms with Crippen molar-refractivity contribution >= 4 is 32.7 Å². The third kappa shape index (κ3) is 2.88. The summed E-state index contributed by atoms with van der Waals surface area (Å²) >= 11 is 3.58. The van der Waals surface area contributed by atoms with E-state index in [2.05, 4.69) is 63.3 Å². The highest BCUT2D eigenvalue weighted by atomic mass is 79.9. The number of fused-ring (bicyclic) bond motifs is 1. The second-order valence-electron chi connectivity index (χ2n) is 5.23. The van der Waals surface area contributed by atoms with Gasteiger partial charge in [0.05, 0.1) is 11.0 Å². The van der Waals surface area contributed by atoms with Crippen molar-refractivity contribution in [1.82, 2.24) is 9.97 Å². The van der Waals surface area contributed by atoms with Gasteiger partial charge in [0.2, 0.25) is 0 Å². The van der Waals surface area contributed by atoms with Crippen molar-refractivity contribution in [2.75, 3.05) is 5.32 Å². The van der Waals surface area contributed by atoms with Gasteiger partial charge in [-0.1, -0.05) is 12.1 Å². The largest absolute Gasteiger partial charge is 0.378 e. The topological polar surface area (TPSA) is 60.7 Å². The predicted molar refractivity (Wildman–Crippen MR) is 89.8 cm³/mol. The summed E-state index contributed by atoms with van der Waals surface area (Å²) in [7, 11) is 0. The van der Waals surface area contributed by atoms with Crippen LogP contribution < -0.4 is 11.0 Å². The Balaban J connectivity index is 1.89. The number of halogens is 1. The van der Waals surface area contributed by atoms with E-state index in [9.17, 15) is 4.79 Å². The zero-order valence-corrected chi connectivity index (χ0v) is 13.4. The lowest BCUT2D eigenvalue weighted by Crippen LogP contribution is -2.07. The van der Waals surface area contributed by atoms with Crippen LogP contribution in [-0.4, -0.2) is 9.97 Å². The van der Waals surface area contributed by atoms with E-state index < -0.39 is 0 Å². The summed E-state index contributed by atoms with van der Waals surface area (Å²) in [5, 5.41) is 3.48. The van der Waals surface area contributed by atoms with E-state index in [0.29, 0.717) is 0 Å². The minimum atomic E-state index is -0.177. The number of nitrogens with one attached hydrogen (secondary N) is 3. The van der Waals surface area contributed by atoms with Crippen molar-refractivity contribution in [2.24, 2.45) is 0 Å². The van der Waals surface area contributed by atoms with Crippen molar-refractivity contribution in [2.45, 2.75) is 19.9 Å². The van der Waals surface area contributed by atoms with Crippen molar-refractivity contribution < 1.29 is 0 Å². The Labute approximate surface area is 130 Å². The lowest BCUT2D eigenvalue weighted by Gasteiger charge is -2.17. The van der Waals surface area contributed by atoms with Gasteiger partial charge in [-0.05, 0) is 65.2 Å². The Morgan fingerprint density at radius 2 is 1.86 bits per heavy atom. The maximum absolute atomic E-state index is 11.3. The number of aromatic amines is 2. The van der Waals surface area contributed by atoms with Crippen LogP contribution in [0.4, 0.5) is 5.69 Å². The third-order valence-electron chi connectivity index (χ3n) is 3.54. The van der Waals surface area contributed by atoms with Crippen LogP contribution in [-0.2, 0) is 0 Å². The first-order chi connectivity index (χ1) is 10.0. The number of aryl methyl sites for hydroxylation is 1. The summed E-state index contributed by atoms with van der Waals surface area (Å²) in [4.78, 5) is 16.8. The molecule has 0 saturated carbocycles. The van der Waals surface area contributed by atoms with E-state index in [1.807, 2.05) is 18.2 Å². The predicted octanol–water partition coefficient (Wildman–Crippen LogP) is 4.10. The highest BCUT2D eigenvalue weighted by molar-refractivity contribution is 9.10. The van der Waals surface area contributed by atoms with Gasteiger partial charge in [-0.25, -0.2) is 4.79 Å². The molecule has 0 spiro atoms. The SMILES string of the molecule is Cc1ccc(NC(C)c2ccc3[nH]c(=O)[nH]c3c2)c(Br)c1. The molecule has 0 aliphatic carbocycles. The molecular weight excluding hydrogens is 330 g/mol. The molecule has 2 aromatic carbocycles. The summed E-state index contributed by atoms with van der Waals surface area (Å²) in [6.45, 7) is 4.16. The van der Waals surface area contributed by atoms with E-state index in [-0.39, 0.29) is 11.7 Å². The fraction of sp³-hybridized carbons (Fsp3) is 0.188. The molecule has 3 N–H and O–H groups in total. The van der Waals surface area contributed by atoms with Crippen LogP contribution in [0.25, 0.3) is 11.0 Å². The molecule has 3 aromatic rings. The lowest BCUT2D eigenvalue weighted by molar-refractivity contribution is 0.885. The molecule has 21 heavy (non-hydrogen) atoms. The number of hydrogen-bond acceptors (Lipinski definition) is 2. The van der Waals surface area contributed by atoms with Gasteiger partial charge < -0.3 is 15.3 Å². The molecule has 0 bridgehead atoms. The van der Waals surface area contributed by atoms with E-state index in [1.165, 1.54) is 5.56 Å². The Kier molecular flexibility index (Phi) is 3.59. The Bertz CT molecular complexity index is 850. The Morgan fingerprint density at radius 3 is 2.62 bits per heavy atom. The average molecular weight is 346 g/mol. The molecule has 0 radical (unpaired) electrons. The minimum absolute atomic E-state index is 0.131. The molecule has 4 nitrogen and oxygen atoms in total. The number of H-pyrrole nitrogens is 2. The van der Waals surface area contributed by atoms with Crippen LogP contribution in [0.5, 0.6) is 0 Å². The molecule has 1 aromatic heterocycles. The zero-order chi connectivity index (χ0) is 15.0. The molecule has 108 valence electrons. The van der Waals surface area contributed by atoms with Crippen LogP contribution in [0.2, 0.25) is 0 Å². The summed E-state index contributed by atoms with van der Waals surface area (Å²) in [6.07, 6.45) is 0. The van der Waals surface area contributed by atoms with Crippen molar-refractivity contribution in [3.05, 3.63) is 62.5 Å². The number of rotatable bonds is 3. The normalized spacial score (nSPS) is 12.5. The number of imidazole rings is 1. The van der Waals surface area contributed by atoms with Gasteiger partial charge in [0.1, 0.15) is 0 Å². The average Bonchev–Trinajstić information content (AvgIpc) is 2.80. The van der Waals surface area contributed by atoms with Crippen molar-refractivity contribution in [3.8, 4) is 0 Å². The van der Waals surface area contributed by atoms with Gasteiger partial charge in [-0.15, -0.1) is 0 Å². The molecule has 3 rings (SSSR count). The number of anilines is 1. The molecule has 1 unspecified atom stereocenters. The molecule has 0 fully saturated rings. The molecule has 1 heterocycles. The minimum Gasteiger partial charge on any atom is -0.378 e. The molecule has 0 saturated heterocycles.